The molecular formula is C28H47N3O4Si. The molecule has 36 heavy (non-hydrogen) atoms. The number of Topliss-reactive ketones (excluding diaryl/α,β-unsaturated/α-hetero) is 2. The van der Waals surface area contributed by atoms with Gasteiger partial charge in [-0.05, 0) is 83.4 Å². The van der Waals surface area contributed by atoms with Crippen molar-refractivity contribution >= 4 is 26.2 Å². The molecule has 3 fully saturated rings. The van der Waals surface area contributed by atoms with Crippen LogP contribution < -0.4 is 0 Å². The number of hydrogen-bond acceptors (Lipinski definition) is 4. The number of hydrogen-bond donors (Lipinski definition) is 0. The number of rotatable bonds is 6. The Balaban J connectivity index is 0.000000493. The van der Waals surface area contributed by atoms with Crippen LogP contribution in [0.25, 0.3) is 10.4 Å². The van der Waals surface area contributed by atoms with Crippen molar-refractivity contribution in [1.82, 2.24) is 0 Å². The third kappa shape index (κ3) is 6.42. The number of carbonyl (C=O) groups excluding carboxylic acids is 3. The van der Waals surface area contributed by atoms with Crippen molar-refractivity contribution in [2.45, 2.75) is 118 Å². The highest BCUT2D eigenvalue weighted by atomic mass is 28.3. The van der Waals surface area contributed by atoms with Gasteiger partial charge in [0.2, 0.25) is 5.91 Å². The zero-order valence-corrected chi connectivity index (χ0v) is 24.7. The second-order valence-corrected chi connectivity index (χ2v) is 16.0. The Bertz CT molecular complexity index is 900. The summed E-state index contributed by atoms with van der Waals surface area (Å²) in [6, 6.07) is 0. The van der Waals surface area contributed by atoms with E-state index in [-0.39, 0.29) is 30.0 Å². The molecule has 0 saturated heterocycles. The molecule has 3 rings (SSSR count). The van der Waals surface area contributed by atoms with Crippen LogP contribution in [0.4, 0.5) is 0 Å². The van der Waals surface area contributed by atoms with Crippen LogP contribution in [-0.2, 0) is 18.8 Å². The molecule has 7 nitrogen and oxygen atoms in total. The molecule has 3 aliphatic rings. The third-order valence-electron chi connectivity index (χ3n) is 9.73. The molecule has 0 N–H and O–H groups in total. The summed E-state index contributed by atoms with van der Waals surface area (Å²) in [5, 5.41) is 3.30. The van der Waals surface area contributed by atoms with Crippen molar-refractivity contribution < 1.29 is 18.8 Å². The van der Waals surface area contributed by atoms with E-state index in [0.717, 1.165) is 32.1 Å². The fourth-order valence-corrected chi connectivity index (χ4v) is 8.59. The molecule has 202 valence electrons. The largest absolute Gasteiger partial charge is 0.388 e. The lowest BCUT2D eigenvalue weighted by Gasteiger charge is -2.53. The summed E-state index contributed by atoms with van der Waals surface area (Å²) in [6.07, 6.45) is 5.57. The molecule has 0 aliphatic heterocycles. The van der Waals surface area contributed by atoms with E-state index in [4.69, 9.17) is 5.53 Å². The summed E-state index contributed by atoms with van der Waals surface area (Å²) in [4.78, 5) is 40.8. The predicted molar refractivity (Wildman–Crippen MR) is 143 cm³/mol. The van der Waals surface area contributed by atoms with Crippen molar-refractivity contribution in [2.75, 3.05) is 0 Å². The predicted octanol–water partition coefficient (Wildman–Crippen LogP) is 7.48. The highest BCUT2D eigenvalue weighted by Gasteiger charge is 2.58. The maximum Gasteiger partial charge on any atom is 0.281 e. The average Bonchev–Trinajstić information content (AvgIpc) is 3.10. The number of ketones is 2. The van der Waals surface area contributed by atoms with Crippen molar-refractivity contribution in [1.29, 1.82) is 0 Å². The zero-order chi connectivity index (χ0) is 27.4. The molecule has 0 heterocycles. The number of amides is 1. The summed E-state index contributed by atoms with van der Waals surface area (Å²) >= 11 is 0. The maximum atomic E-state index is 13.3. The molecule has 0 aromatic carbocycles. The van der Waals surface area contributed by atoms with Gasteiger partial charge in [0, 0.05) is 35.0 Å². The summed E-state index contributed by atoms with van der Waals surface area (Å²) in [5.41, 5.74) is 8.60. The van der Waals surface area contributed by atoms with E-state index in [2.05, 4.69) is 30.8 Å². The Morgan fingerprint density at radius 2 is 1.50 bits per heavy atom. The van der Waals surface area contributed by atoms with Crippen LogP contribution in [0.5, 0.6) is 0 Å². The first kappa shape index (κ1) is 30.6. The second kappa shape index (κ2) is 12.3. The van der Waals surface area contributed by atoms with Crippen LogP contribution in [-0.4, -0.2) is 26.2 Å². The molecule has 0 unspecified atom stereocenters. The molecule has 0 bridgehead atoms. The van der Waals surface area contributed by atoms with Crippen molar-refractivity contribution in [3.05, 3.63) is 10.4 Å². The van der Waals surface area contributed by atoms with Gasteiger partial charge in [0.25, 0.3) is 8.68 Å². The maximum absolute atomic E-state index is 13.3. The van der Waals surface area contributed by atoms with Crippen LogP contribution in [0.2, 0.25) is 11.1 Å². The minimum atomic E-state index is -1.27. The Morgan fingerprint density at radius 3 is 1.97 bits per heavy atom. The molecule has 6 atom stereocenters. The number of fused-ring (bicyclic) bond motifs is 1. The molecule has 0 radical (unpaired) electrons. The van der Waals surface area contributed by atoms with E-state index in [1.165, 1.54) is 0 Å². The Labute approximate surface area is 218 Å². The van der Waals surface area contributed by atoms with Gasteiger partial charge in [-0.1, -0.05) is 55.4 Å². The van der Waals surface area contributed by atoms with Crippen molar-refractivity contribution in [2.24, 2.45) is 45.5 Å². The van der Waals surface area contributed by atoms with Gasteiger partial charge in [0.05, 0.1) is 0 Å². The third-order valence-corrected chi connectivity index (χ3v) is 12.0. The fraction of sp³-hybridized carbons (Fsp3) is 0.893. The van der Waals surface area contributed by atoms with Crippen LogP contribution in [0.1, 0.15) is 107 Å². The normalized spacial score (nSPS) is 34.2. The van der Waals surface area contributed by atoms with Gasteiger partial charge >= 0.3 is 0 Å². The minimum absolute atomic E-state index is 0.0623. The lowest BCUT2D eigenvalue weighted by molar-refractivity contribution is -0.147. The van der Waals surface area contributed by atoms with Crippen LogP contribution in [0, 0.1) is 40.4 Å². The average molecular weight is 518 g/mol. The molecule has 1 amide bonds. The first-order chi connectivity index (χ1) is 16.7. The first-order valence-electron chi connectivity index (χ1n) is 13.9. The summed E-state index contributed by atoms with van der Waals surface area (Å²) in [7, 11) is -1.27. The lowest BCUT2D eigenvalue weighted by Crippen LogP contribution is -2.51. The van der Waals surface area contributed by atoms with E-state index < -0.39 is 25.4 Å². The fourth-order valence-electron chi connectivity index (χ4n) is 7.25. The van der Waals surface area contributed by atoms with Gasteiger partial charge in [0.15, 0.2) is 0 Å². The topological polar surface area (TPSA) is 117 Å². The van der Waals surface area contributed by atoms with Crippen LogP contribution in [0.15, 0.2) is 5.11 Å². The molecule has 3 saturated carbocycles. The van der Waals surface area contributed by atoms with Gasteiger partial charge in [0.1, 0.15) is 11.6 Å². The number of carbonyl (C=O) groups is 3. The van der Waals surface area contributed by atoms with Gasteiger partial charge in [-0.15, -0.1) is 0 Å². The van der Waals surface area contributed by atoms with E-state index in [9.17, 15) is 18.8 Å². The molecule has 3 aliphatic carbocycles. The Kier molecular flexibility index (Phi) is 10.4. The summed E-state index contributed by atoms with van der Waals surface area (Å²) < 4.78 is 11.0. The smallest absolute Gasteiger partial charge is 0.281 e. The monoisotopic (exact) mass is 517 g/mol. The summed E-state index contributed by atoms with van der Waals surface area (Å²) in [5.74, 6) is 1.19. The van der Waals surface area contributed by atoms with E-state index in [0.29, 0.717) is 41.5 Å². The summed E-state index contributed by atoms with van der Waals surface area (Å²) in [6.45, 7) is 16.5. The minimum Gasteiger partial charge on any atom is -0.388 e. The van der Waals surface area contributed by atoms with Crippen molar-refractivity contribution in [3.8, 4) is 0 Å². The van der Waals surface area contributed by atoms with Crippen LogP contribution >= 0.6 is 0 Å². The standard InChI is InChI=1S/C22H33N3O3.C6H14OSi/c1-13(2)14-7-9-22(4,19(27)11-14)17-8-10-21(3)16(5-6-18(21)26)15(17)12-20(28)24-25-23;1-5(2)8(7)6(3)4/h13-17H,5-12H2,1-4H3;5-6H,1-4H3/t14-,15-,16-,17-,21-,22+;/m0./s1. The number of nitrogens with zero attached hydrogens (tertiary/aromatic N) is 3. The number of azide groups is 1. The van der Waals surface area contributed by atoms with Gasteiger partial charge < -0.3 is 4.46 Å². The van der Waals surface area contributed by atoms with E-state index in [1.807, 2.05) is 34.6 Å². The molecule has 0 aromatic rings. The van der Waals surface area contributed by atoms with Crippen molar-refractivity contribution in [3.63, 3.8) is 0 Å². The van der Waals surface area contributed by atoms with Gasteiger partial charge in [-0.25, -0.2) is 0 Å². The van der Waals surface area contributed by atoms with E-state index in [1.54, 1.807) is 0 Å². The SMILES string of the molecule is CC(C)[C@H]1CC[C@](C)([C@H]2CC[C@]3(C)C(=O)CC[C@H]3[C@@H]2CC(=O)N=[N+]=[N-])C(=O)C1.CC(C)[Si](=O)C(C)C. The van der Waals surface area contributed by atoms with E-state index >= 15 is 0 Å². The molecule has 8 heteroatoms. The highest BCUT2D eigenvalue weighted by molar-refractivity contribution is 6.46. The van der Waals surface area contributed by atoms with Gasteiger partial charge in [-0.2, -0.15) is 0 Å². The molecule has 0 aromatic heterocycles. The second-order valence-electron chi connectivity index (χ2n) is 12.9. The first-order valence-corrected chi connectivity index (χ1v) is 15.4. The van der Waals surface area contributed by atoms with Gasteiger partial charge in [-0.3, -0.25) is 14.4 Å². The Morgan fingerprint density at radius 1 is 0.972 bits per heavy atom. The van der Waals surface area contributed by atoms with Crippen LogP contribution in [0.3, 0.4) is 0 Å². The molecule has 0 spiro atoms. The quantitative estimate of drug-likeness (QED) is 0.157. The zero-order valence-electron chi connectivity index (χ0n) is 23.7. The Hall–Kier alpha value is -1.66. The highest BCUT2D eigenvalue weighted by Crippen LogP contribution is 2.60. The lowest BCUT2D eigenvalue weighted by atomic mass is 9.50. The molecular weight excluding hydrogens is 470 g/mol.